The van der Waals surface area contributed by atoms with Gasteiger partial charge in [0.05, 0.1) is 20.8 Å². The van der Waals surface area contributed by atoms with Gasteiger partial charge in [0.2, 0.25) is 0 Å². The molecule has 0 unspecified atom stereocenters. The molecule has 0 radical (unpaired) electrons. The summed E-state index contributed by atoms with van der Waals surface area (Å²) in [5.41, 5.74) is 0.303. The third-order valence-electron chi connectivity index (χ3n) is 2.41. The first-order chi connectivity index (χ1) is 9.35. The smallest absolute Gasteiger partial charge is 0.411 e. The lowest BCUT2D eigenvalue weighted by Gasteiger charge is -2.09. The molecule has 0 amide bonds. The number of alkyl halides is 3. The van der Waals surface area contributed by atoms with Crippen molar-refractivity contribution in [1.29, 1.82) is 0 Å². The molecule has 0 aliphatic rings. The molecule has 0 aliphatic carbocycles. The number of hydrogen-bond acceptors (Lipinski definition) is 4. The van der Waals surface area contributed by atoms with E-state index < -0.39 is 12.8 Å². The average Bonchev–Trinajstić information content (AvgIpc) is 2.41. The monoisotopic (exact) mass is 292 g/mol. The second-order valence-electron chi connectivity index (χ2n) is 3.94. The van der Waals surface area contributed by atoms with Gasteiger partial charge in [-0.2, -0.15) is 13.2 Å². The first-order valence-electron chi connectivity index (χ1n) is 5.76. The zero-order valence-electron chi connectivity index (χ0n) is 11.1. The summed E-state index contributed by atoms with van der Waals surface area (Å²) in [4.78, 5) is 11.8. The third kappa shape index (κ3) is 5.48. The largest absolute Gasteiger partial charge is 0.497 e. The molecule has 0 atom stereocenters. The lowest BCUT2D eigenvalue weighted by Crippen LogP contribution is -2.18. The number of Topliss-reactive ketones (excluding diaryl/α,β-unsaturated/α-hetero) is 1. The Kier molecular flexibility index (Phi) is 5.82. The Hall–Kier alpha value is -1.76. The molecular formula is C13H15F3O4. The summed E-state index contributed by atoms with van der Waals surface area (Å²) in [5.74, 6) is 0.525. The summed E-state index contributed by atoms with van der Waals surface area (Å²) >= 11 is 0. The van der Waals surface area contributed by atoms with Crippen LogP contribution in [0.1, 0.15) is 16.8 Å². The number of rotatable bonds is 7. The summed E-state index contributed by atoms with van der Waals surface area (Å²) in [6.45, 7) is -1.65. The molecule has 7 heteroatoms. The van der Waals surface area contributed by atoms with Crippen molar-refractivity contribution < 1.29 is 32.2 Å². The van der Waals surface area contributed by atoms with Gasteiger partial charge in [-0.3, -0.25) is 4.79 Å². The Bertz CT molecular complexity index is 435. The fraction of sp³-hybridized carbons (Fsp3) is 0.462. The van der Waals surface area contributed by atoms with Crippen LogP contribution in [0.25, 0.3) is 0 Å². The topological polar surface area (TPSA) is 44.8 Å². The molecular weight excluding hydrogens is 277 g/mol. The van der Waals surface area contributed by atoms with Crippen molar-refractivity contribution >= 4 is 5.78 Å². The highest BCUT2D eigenvalue weighted by atomic mass is 19.4. The van der Waals surface area contributed by atoms with Crippen LogP contribution in [0, 0.1) is 0 Å². The van der Waals surface area contributed by atoms with Crippen LogP contribution in [0.4, 0.5) is 13.2 Å². The van der Waals surface area contributed by atoms with Crippen molar-refractivity contribution in [3.8, 4) is 11.5 Å². The molecule has 1 rings (SSSR count). The highest BCUT2D eigenvalue weighted by Crippen LogP contribution is 2.23. The van der Waals surface area contributed by atoms with Crippen LogP contribution in [0.3, 0.4) is 0 Å². The lowest BCUT2D eigenvalue weighted by atomic mass is 10.1. The molecule has 4 nitrogen and oxygen atoms in total. The molecule has 0 spiro atoms. The minimum Gasteiger partial charge on any atom is -0.497 e. The van der Waals surface area contributed by atoms with Gasteiger partial charge in [-0.15, -0.1) is 0 Å². The Morgan fingerprint density at radius 3 is 2.10 bits per heavy atom. The lowest BCUT2D eigenvalue weighted by molar-refractivity contribution is -0.173. The molecule has 1 aromatic carbocycles. The predicted molar refractivity (Wildman–Crippen MR) is 65.4 cm³/mol. The Balaban J connectivity index is 2.59. The normalized spacial score (nSPS) is 11.2. The molecule has 0 saturated carbocycles. The van der Waals surface area contributed by atoms with E-state index in [1.807, 2.05) is 0 Å². The maximum Gasteiger partial charge on any atom is 0.411 e. The molecule has 0 heterocycles. The number of carbonyl (C=O) groups is 1. The number of carbonyl (C=O) groups excluding carboxylic acids is 1. The second-order valence-corrected chi connectivity index (χ2v) is 3.94. The minimum absolute atomic E-state index is 0.146. The van der Waals surface area contributed by atoms with Crippen LogP contribution < -0.4 is 9.47 Å². The molecule has 0 N–H and O–H groups in total. The predicted octanol–water partition coefficient (Wildman–Crippen LogP) is 2.86. The van der Waals surface area contributed by atoms with Crippen molar-refractivity contribution in [2.24, 2.45) is 0 Å². The number of halogens is 3. The van der Waals surface area contributed by atoms with E-state index in [-0.39, 0.29) is 18.8 Å². The molecule has 0 bridgehead atoms. The van der Waals surface area contributed by atoms with Crippen LogP contribution in [0.2, 0.25) is 0 Å². The van der Waals surface area contributed by atoms with Gasteiger partial charge in [-0.25, -0.2) is 0 Å². The van der Waals surface area contributed by atoms with Gasteiger partial charge in [0, 0.05) is 18.1 Å². The van der Waals surface area contributed by atoms with Crippen molar-refractivity contribution in [3.63, 3.8) is 0 Å². The summed E-state index contributed by atoms with van der Waals surface area (Å²) in [6, 6.07) is 4.58. The van der Waals surface area contributed by atoms with Crippen LogP contribution in [0.5, 0.6) is 11.5 Å². The first-order valence-corrected chi connectivity index (χ1v) is 5.76. The van der Waals surface area contributed by atoms with Crippen molar-refractivity contribution in [2.45, 2.75) is 12.6 Å². The summed E-state index contributed by atoms with van der Waals surface area (Å²) in [5, 5.41) is 0. The Morgan fingerprint density at radius 2 is 1.65 bits per heavy atom. The quantitative estimate of drug-likeness (QED) is 0.572. The molecule has 112 valence electrons. The van der Waals surface area contributed by atoms with Gasteiger partial charge in [-0.05, 0) is 12.1 Å². The molecule has 0 aliphatic heterocycles. The molecule has 0 fully saturated rings. The van der Waals surface area contributed by atoms with E-state index in [1.165, 1.54) is 26.4 Å². The molecule has 0 saturated heterocycles. The van der Waals surface area contributed by atoms with Crippen LogP contribution >= 0.6 is 0 Å². The molecule has 20 heavy (non-hydrogen) atoms. The van der Waals surface area contributed by atoms with E-state index in [1.54, 1.807) is 6.07 Å². The van der Waals surface area contributed by atoms with Gasteiger partial charge in [0.25, 0.3) is 0 Å². The molecule has 1 aromatic rings. The van der Waals surface area contributed by atoms with Gasteiger partial charge < -0.3 is 14.2 Å². The first kappa shape index (κ1) is 16.3. The average molecular weight is 292 g/mol. The molecule has 0 aromatic heterocycles. The summed E-state index contributed by atoms with van der Waals surface area (Å²) in [7, 11) is 2.88. The van der Waals surface area contributed by atoms with E-state index >= 15 is 0 Å². The fourth-order valence-corrected chi connectivity index (χ4v) is 1.47. The van der Waals surface area contributed by atoms with E-state index in [9.17, 15) is 18.0 Å². The number of ether oxygens (including phenoxy) is 3. The van der Waals surface area contributed by atoms with Gasteiger partial charge in [0.1, 0.15) is 18.1 Å². The van der Waals surface area contributed by atoms with E-state index in [2.05, 4.69) is 4.74 Å². The van der Waals surface area contributed by atoms with E-state index in [0.29, 0.717) is 17.1 Å². The van der Waals surface area contributed by atoms with Crippen molar-refractivity contribution in [2.75, 3.05) is 27.4 Å². The van der Waals surface area contributed by atoms with Crippen molar-refractivity contribution in [1.82, 2.24) is 0 Å². The maximum atomic E-state index is 11.9. The Labute approximate surface area is 114 Å². The zero-order chi connectivity index (χ0) is 15.2. The number of hydrogen-bond donors (Lipinski definition) is 0. The third-order valence-corrected chi connectivity index (χ3v) is 2.41. The summed E-state index contributed by atoms with van der Waals surface area (Å²) in [6.07, 6.45) is -4.53. The zero-order valence-corrected chi connectivity index (χ0v) is 11.1. The van der Waals surface area contributed by atoms with Gasteiger partial charge in [0.15, 0.2) is 5.78 Å². The fourth-order valence-electron chi connectivity index (χ4n) is 1.47. The highest BCUT2D eigenvalue weighted by Gasteiger charge is 2.27. The standard InChI is InChI=1S/C13H15F3O4/c1-18-10-5-9(6-11(7-10)19-2)12(17)3-4-20-8-13(14,15)16/h5-7H,3-4,8H2,1-2H3. The SMILES string of the molecule is COc1cc(OC)cc(C(=O)CCOCC(F)(F)F)c1. The van der Waals surface area contributed by atoms with Gasteiger partial charge >= 0.3 is 6.18 Å². The van der Waals surface area contributed by atoms with Crippen molar-refractivity contribution in [3.05, 3.63) is 23.8 Å². The Morgan fingerprint density at radius 1 is 1.10 bits per heavy atom. The van der Waals surface area contributed by atoms with Crippen LogP contribution in [0.15, 0.2) is 18.2 Å². The second kappa shape index (κ2) is 7.14. The van der Waals surface area contributed by atoms with E-state index in [0.717, 1.165) is 0 Å². The maximum absolute atomic E-state index is 11.9. The number of methoxy groups -OCH3 is 2. The summed E-state index contributed by atoms with van der Waals surface area (Å²) < 4.78 is 50.0. The number of ketones is 1. The highest BCUT2D eigenvalue weighted by molar-refractivity contribution is 5.96. The minimum atomic E-state index is -4.39. The van der Waals surface area contributed by atoms with E-state index in [4.69, 9.17) is 9.47 Å². The van der Waals surface area contributed by atoms with Crippen LogP contribution in [-0.4, -0.2) is 39.4 Å². The number of benzene rings is 1. The van der Waals surface area contributed by atoms with Crippen LogP contribution in [-0.2, 0) is 4.74 Å². The van der Waals surface area contributed by atoms with Gasteiger partial charge in [-0.1, -0.05) is 0 Å².